The maximum absolute atomic E-state index is 10.1. The van der Waals surface area contributed by atoms with Crippen LogP contribution in [0.4, 0.5) is 5.13 Å². The first-order chi connectivity index (χ1) is 3.29. The number of nitrogen functional groups attached to an aromatic ring is 1. The van der Waals surface area contributed by atoms with Gasteiger partial charge in [-0.1, -0.05) is 0 Å². The predicted molar refractivity (Wildman–Crippen MR) is 27.1 cm³/mol. The Morgan fingerprint density at radius 3 is 2.71 bits per heavy atom. The molecule has 0 aromatic carbocycles. The van der Waals surface area contributed by atoms with E-state index in [1.165, 1.54) is 0 Å². The zero-order valence-electron chi connectivity index (χ0n) is 3.34. The lowest BCUT2D eigenvalue weighted by Crippen LogP contribution is -1.90. The molecule has 7 heavy (non-hydrogen) atoms. The fraction of sp³-hybridized carbons (Fsp3) is 0. The van der Waals surface area contributed by atoms with Crippen LogP contribution in [-0.2, 0) is 0 Å². The minimum atomic E-state index is -0.211. The fourth-order valence-corrected chi connectivity index (χ4v) is 0.614. The average Bonchev–Trinajstić information content (AvgIpc) is 1.87. The first kappa shape index (κ1) is 4.32. The summed E-state index contributed by atoms with van der Waals surface area (Å²) in [5.41, 5.74) is 5.05. The molecule has 1 heterocycles. The largest absolute Gasteiger partial charge is 0.374 e. The van der Waals surface area contributed by atoms with E-state index in [4.69, 9.17) is 5.73 Å². The van der Waals surface area contributed by atoms with Crippen molar-refractivity contribution in [2.24, 2.45) is 0 Å². The van der Waals surface area contributed by atoms with Gasteiger partial charge in [-0.15, -0.1) is 5.10 Å². The molecule has 3 N–H and O–H groups in total. The summed E-state index contributed by atoms with van der Waals surface area (Å²) in [5, 5.41) is 5.81. The smallest absolute Gasteiger partial charge is 0.324 e. The molecule has 0 unspecified atom stereocenters. The Kier molecular flexibility index (Phi) is 0.828. The zero-order chi connectivity index (χ0) is 5.28. The highest BCUT2D eigenvalue weighted by Crippen LogP contribution is 1.92. The summed E-state index contributed by atoms with van der Waals surface area (Å²) < 4.78 is 0. The predicted octanol–water partition coefficient (Wildman–Crippen LogP) is -0.586. The van der Waals surface area contributed by atoms with Crippen molar-refractivity contribution < 1.29 is 0 Å². The number of rotatable bonds is 0. The average molecular weight is 117 g/mol. The number of nitrogens with one attached hydrogen (secondary N) is 1. The second-order valence-corrected chi connectivity index (χ2v) is 1.94. The van der Waals surface area contributed by atoms with Crippen LogP contribution in [0.1, 0.15) is 0 Å². The van der Waals surface area contributed by atoms with Crippen molar-refractivity contribution in [2.75, 3.05) is 5.73 Å². The van der Waals surface area contributed by atoms with Crippen LogP contribution in [0.25, 0.3) is 0 Å². The van der Waals surface area contributed by atoms with E-state index in [2.05, 4.69) is 10.2 Å². The highest BCUT2D eigenvalue weighted by molar-refractivity contribution is 7.12. The lowest BCUT2D eigenvalue weighted by Gasteiger charge is -1.64. The first-order valence-electron chi connectivity index (χ1n) is 1.60. The van der Waals surface area contributed by atoms with Crippen molar-refractivity contribution in [2.45, 2.75) is 0 Å². The van der Waals surface area contributed by atoms with E-state index >= 15 is 0 Å². The molecule has 1 rings (SSSR count). The van der Waals surface area contributed by atoms with Crippen molar-refractivity contribution in [3.8, 4) is 0 Å². The number of aromatic nitrogens is 2. The minimum absolute atomic E-state index is 0.211. The van der Waals surface area contributed by atoms with Crippen LogP contribution >= 0.6 is 11.3 Å². The summed E-state index contributed by atoms with van der Waals surface area (Å²) in [4.78, 5) is 9.90. The number of nitrogens with two attached hydrogens (primary N) is 1. The van der Waals surface area contributed by atoms with Crippen LogP contribution in [0.5, 0.6) is 0 Å². The molecule has 0 radical (unpaired) electrons. The van der Waals surface area contributed by atoms with Crippen molar-refractivity contribution in [3.05, 3.63) is 9.67 Å². The van der Waals surface area contributed by atoms with Crippen LogP contribution in [0.15, 0.2) is 4.79 Å². The van der Waals surface area contributed by atoms with Crippen LogP contribution in [-0.4, -0.2) is 10.2 Å². The third-order valence-electron chi connectivity index (χ3n) is 0.455. The van der Waals surface area contributed by atoms with Crippen molar-refractivity contribution in [1.82, 2.24) is 10.2 Å². The molecule has 0 aliphatic heterocycles. The lowest BCUT2D eigenvalue weighted by molar-refractivity contribution is 1.06. The summed E-state index contributed by atoms with van der Waals surface area (Å²) >= 11 is 0.898. The van der Waals surface area contributed by atoms with Gasteiger partial charge in [0.15, 0.2) is 0 Å². The van der Waals surface area contributed by atoms with Crippen LogP contribution in [0, 0.1) is 0 Å². The Bertz CT molecular complexity index is 201. The van der Waals surface area contributed by atoms with Gasteiger partial charge in [-0.2, -0.15) is 0 Å². The van der Waals surface area contributed by atoms with E-state index in [1.807, 2.05) is 0 Å². The summed E-state index contributed by atoms with van der Waals surface area (Å²) in [6.07, 6.45) is 0. The van der Waals surface area contributed by atoms with Gasteiger partial charge >= 0.3 is 4.87 Å². The molecule has 38 valence electrons. The van der Waals surface area contributed by atoms with Gasteiger partial charge in [0.2, 0.25) is 5.13 Å². The second kappa shape index (κ2) is 1.34. The van der Waals surface area contributed by atoms with E-state index < -0.39 is 0 Å². The molecule has 4 nitrogen and oxygen atoms in total. The molecular formula is C2H3N3OS. The quantitative estimate of drug-likeness (QED) is 0.477. The molecule has 0 aliphatic rings. The normalized spacial score (nSPS) is 9.14. The van der Waals surface area contributed by atoms with Gasteiger partial charge in [0.05, 0.1) is 0 Å². The molecule has 0 amide bonds. The first-order valence-corrected chi connectivity index (χ1v) is 2.41. The Morgan fingerprint density at radius 2 is 2.57 bits per heavy atom. The minimum Gasteiger partial charge on any atom is -0.374 e. The zero-order valence-corrected chi connectivity index (χ0v) is 4.16. The van der Waals surface area contributed by atoms with Crippen molar-refractivity contribution in [3.63, 3.8) is 0 Å². The van der Waals surface area contributed by atoms with Gasteiger partial charge in [0.25, 0.3) is 0 Å². The van der Waals surface area contributed by atoms with Gasteiger partial charge in [-0.3, -0.25) is 4.79 Å². The van der Waals surface area contributed by atoms with Gasteiger partial charge in [0, 0.05) is 0 Å². The van der Waals surface area contributed by atoms with E-state index in [9.17, 15) is 4.79 Å². The number of anilines is 1. The second-order valence-electron chi connectivity index (χ2n) is 0.951. The van der Waals surface area contributed by atoms with Crippen molar-refractivity contribution >= 4 is 16.5 Å². The summed E-state index contributed by atoms with van der Waals surface area (Å²) in [7, 11) is 0. The molecular weight excluding hydrogens is 114 g/mol. The topological polar surface area (TPSA) is 71.8 Å². The monoisotopic (exact) mass is 117 g/mol. The maximum Gasteiger partial charge on any atom is 0.324 e. The Balaban J connectivity index is 3.30. The van der Waals surface area contributed by atoms with Gasteiger partial charge in [0.1, 0.15) is 0 Å². The summed E-state index contributed by atoms with van der Waals surface area (Å²) in [6.45, 7) is 0. The number of H-pyrrole nitrogens is 1. The molecule has 5 heteroatoms. The van der Waals surface area contributed by atoms with Crippen LogP contribution in [0.2, 0.25) is 0 Å². The maximum atomic E-state index is 10.1. The third-order valence-corrected chi connectivity index (χ3v) is 1.03. The third kappa shape index (κ3) is 0.774. The summed E-state index contributed by atoms with van der Waals surface area (Å²) in [6, 6.07) is 0. The Morgan fingerprint density at radius 1 is 1.86 bits per heavy atom. The number of aromatic amines is 1. The standard InChI is InChI=1S/C2H3N3OS/c3-1-4-5-2(6)7-1/h(H2,3,4)(H,5,6). The molecule has 0 aliphatic carbocycles. The highest BCUT2D eigenvalue weighted by atomic mass is 32.1. The molecule has 0 fully saturated rings. The van der Waals surface area contributed by atoms with Crippen LogP contribution in [0.3, 0.4) is 0 Å². The Hall–Kier alpha value is -0.840. The number of nitrogens with zero attached hydrogens (tertiary/aromatic N) is 1. The van der Waals surface area contributed by atoms with E-state index in [0.29, 0.717) is 0 Å². The van der Waals surface area contributed by atoms with Crippen molar-refractivity contribution in [1.29, 1.82) is 0 Å². The van der Waals surface area contributed by atoms with Gasteiger partial charge < -0.3 is 5.73 Å². The van der Waals surface area contributed by atoms with E-state index in [1.54, 1.807) is 0 Å². The molecule has 1 aromatic heterocycles. The molecule has 0 saturated heterocycles. The molecule has 0 atom stereocenters. The fourth-order valence-electron chi connectivity index (χ4n) is 0.241. The molecule has 0 bridgehead atoms. The number of hydrogen-bond donors (Lipinski definition) is 2. The van der Waals surface area contributed by atoms with E-state index in [-0.39, 0.29) is 10.0 Å². The van der Waals surface area contributed by atoms with E-state index in [0.717, 1.165) is 11.3 Å². The molecule has 0 spiro atoms. The highest BCUT2D eigenvalue weighted by Gasteiger charge is 1.86. The van der Waals surface area contributed by atoms with Crippen LogP contribution < -0.4 is 10.6 Å². The van der Waals surface area contributed by atoms with Gasteiger partial charge in [-0.05, 0) is 11.3 Å². The number of hydrogen-bond acceptors (Lipinski definition) is 4. The van der Waals surface area contributed by atoms with Gasteiger partial charge in [-0.25, -0.2) is 5.10 Å². The molecule has 0 saturated carbocycles. The Labute approximate surface area is 43.0 Å². The summed E-state index contributed by atoms with van der Waals surface area (Å²) in [5.74, 6) is 0. The molecule has 1 aromatic rings. The lowest BCUT2D eigenvalue weighted by atomic mass is 11.3. The SMILES string of the molecule is Nc1n[nH]c(=O)s1.